The Morgan fingerprint density at radius 2 is 1.80 bits per heavy atom. The Kier molecular flexibility index (Phi) is 6.05. The van der Waals surface area contributed by atoms with Gasteiger partial charge >= 0.3 is 0 Å². The molecule has 4 aromatic rings. The van der Waals surface area contributed by atoms with Crippen LogP contribution in [0.4, 0.5) is 5.13 Å². The Bertz CT molecular complexity index is 1130. The molecule has 0 saturated heterocycles. The van der Waals surface area contributed by atoms with Crippen LogP contribution < -0.4 is 5.32 Å². The van der Waals surface area contributed by atoms with Crippen molar-refractivity contribution in [3.05, 3.63) is 77.0 Å². The van der Waals surface area contributed by atoms with E-state index in [0.717, 1.165) is 29.7 Å². The third-order valence-corrected chi connectivity index (χ3v) is 5.54. The first-order valence-electron chi connectivity index (χ1n) is 9.99. The van der Waals surface area contributed by atoms with Gasteiger partial charge in [0.2, 0.25) is 11.8 Å². The van der Waals surface area contributed by atoms with Crippen LogP contribution in [0.2, 0.25) is 0 Å². The van der Waals surface area contributed by atoms with Gasteiger partial charge in [-0.25, -0.2) is 9.97 Å². The third-order valence-electron chi connectivity index (χ3n) is 4.78. The zero-order valence-corrected chi connectivity index (χ0v) is 17.8. The second kappa shape index (κ2) is 9.05. The maximum atomic E-state index is 12.5. The molecule has 0 aliphatic heterocycles. The van der Waals surface area contributed by atoms with Crippen molar-refractivity contribution in [2.24, 2.45) is 0 Å². The van der Waals surface area contributed by atoms with Crippen LogP contribution in [-0.4, -0.2) is 15.9 Å². The fraction of sp³-hybridized carbons (Fsp3) is 0.208. The highest BCUT2D eigenvalue weighted by Gasteiger charge is 2.16. The van der Waals surface area contributed by atoms with Crippen molar-refractivity contribution in [3.8, 4) is 22.7 Å². The van der Waals surface area contributed by atoms with Crippen molar-refractivity contribution in [3.63, 3.8) is 0 Å². The minimum Gasteiger partial charge on any atom is -0.441 e. The molecule has 0 radical (unpaired) electrons. The molecule has 2 heterocycles. The van der Waals surface area contributed by atoms with Gasteiger partial charge in [-0.1, -0.05) is 55.8 Å². The number of carbonyl (C=O) groups is 1. The average molecular weight is 418 g/mol. The standard InChI is InChI=1S/C24H23N3O2S/c1-3-7-17-10-12-18(13-11-17)21-15-30-24(26-21)27-22(28)14-20-16(2)29-23(25-20)19-8-5-4-6-9-19/h4-6,8-13,15H,3,7,14H2,1-2H3,(H,26,27,28). The molecular weight excluding hydrogens is 394 g/mol. The number of hydrogen-bond donors (Lipinski definition) is 1. The molecule has 0 atom stereocenters. The van der Waals surface area contributed by atoms with E-state index in [4.69, 9.17) is 4.42 Å². The second-order valence-corrected chi connectivity index (χ2v) is 7.96. The number of rotatable bonds is 7. The van der Waals surface area contributed by atoms with Crippen LogP contribution >= 0.6 is 11.3 Å². The topological polar surface area (TPSA) is 68.0 Å². The van der Waals surface area contributed by atoms with Gasteiger partial charge in [-0.3, -0.25) is 4.79 Å². The molecule has 2 aromatic carbocycles. The van der Waals surface area contributed by atoms with Gasteiger partial charge in [0.25, 0.3) is 0 Å². The molecule has 5 nitrogen and oxygen atoms in total. The summed E-state index contributed by atoms with van der Waals surface area (Å²) in [5.41, 5.74) is 4.76. The highest BCUT2D eigenvalue weighted by molar-refractivity contribution is 7.14. The van der Waals surface area contributed by atoms with Gasteiger partial charge in [-0.2, -0.15) is 0 Å². The molecule has 30 heavy (non-hydrogen) atoms. The van der Waals surface area contributed by atoms with Crippen molar-refractivity contribution < 1.29 is 9.21 Å². The number of anilines is 1. The number of aromatic nitrogens is 2. The third kappa shape index (κ3) is 4.66. The van der Waals surface area contributed by atoms with E-state index in [1.165, 1.54) is 16.9 Å². The van der Waals surface area contributed by atoms with Crippen LogP contribution in [0.1, 0.15) is 30.4 Å². The Morgan fingerprint density at radius 1 is 1.03 bits per heavy atom. The summed E-state index contributed by atoms with van der Waals surface area (Å²) in [7, 11) is 0. The van der Waals surface area contributed by atoms with Gasteiger partial charge < -0.3 is 9.73 Å². The van der Waals surface area contributed by atoms with Crippen LogP contribution in [0.3, 0.4) is 0 Å². The lowest BCUT2D eigenvalue weighted by Gasteiger charge is -2.01. The second-order valence-electron chi connectivity index (χ2n) is 7.10. The number of nitrogens with zero attached hydrogens (tertiary/aromatic N) is 2. The van der Waals surface area contributed by atoms with E-state index in [-0.39, 0.29) is 12.3 Å². The maximum absolute atomic E-state index is 12.5. The normalized spacial score (nSPS) is 10.9. The molecular formula is C24H23N3O2S. The van der Waals surface area contributed by atoms with Gasteiger partial charge in [0.05, 0.1) is 17.8 Å². The lowest BCUT2D eigenvalue weighted by atomic mass is 10.1. The van der Waals surface area contributed by atoms with Gasteiger partial charge in [-0.05, 0) is 31.0 Å². The maximum Gasteiger partial charge on any atom is 0.232 e. The van der Waals surface area contributed by atoms with Crippen molar-refractivity contribution in [2.75, 3.05) is 5.32 Å². The summed E-state index contributed by atoms with van der Waals surface area (Å²) in [5.74, 6) is 1.01. The van der Waals surface area contributed by atoms with E-state index in [1.54, 1.807) is 0 Å². The molecule has 6 heteroatoms. The molecule has 0 aliphatic rings. The van der Waals surface area contributed by atoms with Crippen LogP contribution in [-0.2, 0) is 17.6 Å². The zero-order chi connectivity index (χ0) is 20.9. The summed E-state index contributed by atoms with van der Waals surface area (Å²) in [6.07, 6.45) is 2.35. The summed E-state index contributed by atoms with van der Waals surface area (Å²) in [4.78, 5) is 21.6. The smallest absolute Gasteiger partial charge is 0.232 e. The molecule has 152 valence electrons. The summed E-state index contributed by atoms with van der Waals surface area (Å²) < 4.78 is 5.74. The van der Waals surface area contributed by atoms with Gasteiger partial charge in [0, 0.05) is 16.5 Å². The Hall–Kier alpha value is -3.25. The van der Waals surface area contributed by atoms with Crippen molar-refractivity contribution in [2.45, 2.75) is 33.1 Å². The largest absolute Gasteiger partial charge is 0.441 e. The SMILES string of the molecule is CCCc1ccc(-c2csc(NC(=O)Cc3nc(-c4ccccc4)oc3C)n2)cc1. The van der Waals surface area contributed by atoms with E-state index in [0.29, 0.717) is 22.5 Å². The van der Waals surface area contributed by atoms with Crippen LogP contribution in [0.5, 0.6) is 0 Å². The summed E-state index contributed by atoms with van der Waals surface area (Å²) in [5, 5.41) is 5.41. The van der Waals surface area contributed by atoms with E-state index >= 15 is 0 Å². The fourth-order valence-electron chi connectivity index (χ4n) is 3.21. The van der Waals surface area contributed by atoms with E-state index in [1.807, 2.05) is 42.6 Å². The Labute approximate surface area is 179 Å². The predicted molar refractivity (Wildman–Crippen MR) is 121 cm³/mol. The summed E-state index contributed by atoms with van der Waals surface area (Å²) in [6.45, 7) is 4.00. The quantitative estimate of drug-likeness (QED) is 0.406. The molecule has 2 aromatic heterocycles. The van der Waals surface area contributed by atoms with Gasteiger partial charge in [-0.15, -0.1) is 11.3 Å². The van der Waals surface area contributed by atoms with Crippen molar-refractivity contribution in [1.29, 1.82) is 0 Å². The number of thiazole rings is 1. The summed E-state index contributed by atoms with van der Waals surface area (Å²) >= 11 is 1.42. The summed E-state index contributed by atoms with van der Waals surface area (Å²) in [6, 6.07) is 18.1. The van der Waals surface area contributed by atoms with E-state index < -0.39 is 0 Å². The number of oxazole rings is 1. The van der Waals surface area contributed by atoms with Crippen LogP contribution in [0, 0.1) is 6.92 Å². The van der Waals surface area contributed by atoms with Gasteiger partial charge in [0.1, 0.15) is 5.76 Å². The zero-order valence-electron chi connectivity index (χ0n) is 17.0. The highest BCUT2D eigenvalue weighted by atomic mass is 32.1. The van der Waals surface area contributed by atoms with Crippen molar-refractivity contribution >= 4 is 22.4 Å². The number of hydrogen-bond acceptors (Lipinski definition) is 5. The minimum atomic E-state index is -0.162. The molecule has 0 fully saturated rings. The molecule has 0 bridgehead atoms. The molecule has 0 aliphatic carbocycles. The predicted octanol–water partition coefficient (Wildman–Crippen LogP) is 5.91. The number of aryl methyl sites for hydroxylation is 2. The lowest BCUT2D eigenvalue weighted by Crippen LogP contribution is -2.15. The van der Waals surface area contributed by atoms with E-state index in [9.17, 15) is 4.79 Å². The number of carbonyl (C=O) groups excluding carboxylic acids is 1. The molecule has 4 rings (SSSR count). The first-order chi connectivity index (χ1) is 14.6. The first-order valence-corrected chi connectivity index (χ1v) is 10.9. The molecule has 0 unspecified atom stereocenters. The monoisotopic (exact) mass is 417 g/mol. The van der Waals surface area contributed by atoms with Crippen molar-refractivity contribution in [1.82, 2.24) is 9.97 Å². The molecule has 0 saturated carbocycles. The molecule has 0 spiro atoms. The van der Waals surface area contributed by atoms with E-state index in [2.05, 4.69) is 46.5 Å². The number of nitrogens with one attached hydrogen (secondary N) is 1. The molecule has 1 amide bonds. The highest BCUT2D eigenvalue weighted by Crippen LogP contribution is 2.26. The molecule has 1 N–H and O–H groups in total. The van der Waals surface area contributed by atoms with Crippen LogP contribution in [0.15, 0.2) is 64.4 Å². The average Bonchev–Trinajstić information content (AvgIpc) is 3.36. The minimum absolute atomic E-state index is 0.142. The number of amides is 1. The Balaban J connectivity index is 1.41. The van der Waals surface area contributed by atoms with Crippen LogP contribution in [0.25, 0.3) is 22.7 Å². The van der Waals surface area contributed by atoms with Gasteiger partial charge in [0.15, 0.2) is 5.13 Å². The Morgan fingerprint density at radius 3 is 2.53 bits per heavy atom. The first kappa shape index (κ1) is 20.0. The fourth-order valence-corrected chi connectivity index (χ4v) is 3.94. The lowest BCUT2D eigenvalue weighted by molar-refractivity contribution is -0.115. The number of benzene rings is 2.